The molecular formula is C16H25NO2. The third kappa shape index (κ3) is 5.03. The highest BCUT2D eigenvalue weighted by molar-refractivity contribution is 5.75. The number of carbonyl (C=O) groups is 1. The predicted octanol–water partition coefficient (Wildman–Crippen LogP) is 2.98. The van der Waals surface area contributed by atoms with Gasteiger partial charge in [-0.2, -0.15) is 0 Å². The van der Waals surface area contributed by atoms with Gasteiger partial charge < -0.3 is 10.1 Å². The molecule has 0 aromatic heterocycles. The van der Waals surface area contributed by atoms with Crippen LogP contribution in [-0.4, -0.2) is 19.1 Å². The summed E-state index contributed by atoms with van der Waals surface area (Å²) in [6, 6.07) is 6.14. The van der Waals surface area contributed by atoms with Gasteiger partial charge in [0.05, 0.1) is 7.11 Å². The van der Waals surface area contributed by atoms with E-state index < -0.39 is 0 Å². The molecular weight excluding hydrogens is 238 g/mol. The van der Waals surface area contributed by atoms with E-state index in [1.54, 1.807) is 0 Å². The molecule has 0 aliphatic rings. The molecule has 1 unspecified atom stereocenters. The van der Waals surface area contributed by atoms with E-state index in [1.807, 2.05) is 0 Å². The van der Waals surface area contributed by atoms with Crippen LogP contribution in [-0.2, 0) is 16.1 Å². The smallest absolute Gasteiger partial charge is 0.322 e. The van der Waals surface area contributed by atoms with Crippen molar-refractivity contribution < 1.29 is 9.53 Å². The van der Waals surface area contributed by atoms with Crippen LogP contribution >= 0.6 is 0 Å². The molecule has 0 radical (unpaired) electrons. The number of methoxy groups -OCH3 is 1. The van der Waals surface area contributed by atoms with Gasteiger partial charge in [-0.25, -0.2) is 0 Å². The fourth-order valence-electron chi connectivity index (χ4n) is 2.03. The molecule has 0 spiro atoms. The lowest BCUT2D eigenvalue weighted by Gasteiger charge is -2.18. The Labute approximate surface area is 116 Å². The van der Waals surface area contributed by atoms with Crippen molar-refractivity contribution in [1.82, 2.24) is 5.32 Å². The zero-order valence-electron chi connectivity index (χ0n) is 12.6. The molecule has 1 aromatic carbocycles. The Kier molecular flexibility index (Phi) is 6.03. The Hall–Kier alpha value is -1.35. The summed E-state index contributed by atoms with van der Waals surface area (Å²) in [7, 11) is 1.44. The van der Waals surface area contributed by atoms with E-state index in [4.69, 9.17) is 4.74 Å². The summed E-state index contributed by atoms with van der Waals surface area (Å²) in [4.78, 5) is 11.7. The molecule has 0 fully saturated rings. The van der Waals surface area contributed by atoms with Gasteiger partial charge in [0.25, 0.3) is 0 Å². The van der Waals surface area contributed by atoms with Crippen molar-refractivity contribution in [1.29, 1.82) is 0 Å². The third-order valence-electron chi connectivity index (χ3n) is 3.32. The maximum absolute atomic E-state index is 11.7. The number of benzene rings is 1. The van der Waals surface area contributed by atoms with E-state index in [1.165, 1.54) is 23.8 Å². The number of esters is 1. The number of carbonyl (C=O) groups excluding carboxylic acids is 1. The summed E-state index contributed by atoms with van der Waals surface area (Å²) >= 11 is 0. The lowest BCUT2D eigenvalue weighted by atomic mass is 10.0. The minimum Gasteiger partial charge on any atom is -0.468 e. The van der Waals surface area contributed by atoms with Crippen LogP contribution in [0.1, 0.15) is 37.0 Å². The lowest BCUT2D eigenvalue weighted by Crippen LogP contribution is -2.38. The van der Waals surface area contributed by atoms with Gasteiger partial charge in [0.15, 0.2) is 0 Å². The molecule has 1 N–H and O–H groups in total. The van der Waals surface area contributed by atoms with Gasteiger partial charge in [0, 0.05) is 6.54 Å². The number of nitrogens with one attached hydrogen (secondary N) is 1. The van der Waals surface area contributed by atoms with Crippen LogP contribution in [0.3, 0.4) is 0 Å². The molecule has 1 rings (SSSR count). The monoisotopic (exact) mass is 263 g/mol. The second kappa shape index (κ2) is 7.29. The van der Waals surface area contributed by atoms with Crippen molar-refractivity contribution in [2.45, 2.75) is 46.7 Å². The summed E-state index contributed by atoms with van der Waals surface area (Å²) < 4.78 is 4.84. The first-order chi connectivity index (χ1) is 8.93. The Morgan fingerprint density at radius 1 is 1.26 bits per heavy atom. The Morgan fingerprint density at radius 2 is 1.95 bits per heavy atom. The third-order valence-corrected chi connectivity index (χ3v) is 3.32. The molecule has 19 heavy (non-hydrogen) atoms. The summed E-state index contributed by atoms with van der Waals surface area (Å²) in [5, 5.41) is 3.29. The maximum Gasteiger partial charge on any atom is 0.322 e. The minimum absolute atomic E-state index is 0.183. The van der Waals surface area contributed by atoms with E-state index >= 15 is 0 Å². The standard InChI is InChI=1S/C16H25NO2/c1-11(2)8-15(16(18)19-5)17-10-14-7-6-12(3)13(4)9-14/h6-7,9,11,15,17H,8,10H2,1-5H3. The number of aryl methyl sites for hydroxylation is 2. The largest absolute Gasteiger partial charge is 0.468 e. The highest BCUT2D eigenvalue weighted by Crippen LogP contribution is 2.11. The van der Waals surface area contributed by atoms with Crippen LogP contribution in [0.5, 0.6) is 0 Å². The average molecular weight is 263 g/mol. The van der Waals surface area contributed by atoms with Crippen molar-refractivity contribution in [3.05, 3.63) is 34.9 Å². The van der Waals surface area contributed by atoms with Gasteiger partial charge in [0.1, 0.15) is 6.04 Å². The Balaban J connectivity index is 2.64. The summed E-state index contributed by atoms with van der Waals surface area (Å²) in [6.07, 6.45) is 0.789. The molecule has 0 heterocycles. The number of rotatable bonds is 6. The summed E-state index contributed by atoms with van der Waals surface area (Å²) in [5.74, 6) is 0.272. The van der Waals surface area contributed by atoms with Gasteiger partial charge in [0.2, 0.25) is 0 Å². The Morgan fingerprint density at radius 3 is 2.47 bits per heavy atom. The van der Waals surface area contributed by atoms with Crippen LogP contribution in [0.15, 0.2) is 18.2 Å². The first kappa shape index (κ1) is 15.7. The van der Waals surface area contributed by atoms with E-state index in [-0.39, 0.29) is 12.0 Å². The molecule has 106 valence electrons. The maximum atomic E-state index is 11.7. The first-order valence-electron chi connectivity index (χ1n) is 6.81. The second-order valence-electron chi connectivity index (χ2n) is 5.50. The molecule has 0 aliphatic carbocycles. The highest BCUT2D eigenvalue weighted by atomic mass is 16.5. The van der Waals surface area contributed by atoms with Gasteiger partial charge in [-0.05, 0) is 42.9 Å². The van der Waals surface area contributed by atoms with E-state index in [0.717, 1.165) is 6.42 Å². The molecule has 1 aromatic rings. The quantitative estimate of drug-likeness (QED) is 0.802. The second-order valence-corrected chi connectivity index (χ2v) is 5.50. The SMILES string of the molecule is COC(=O)C(CC(C)C)NCc1ccc(C)c(C)c1. The number of hydrogen-bond acceptors (Lipinski definition) is 3. The topological polar surface area (TPSA) is 38.3 Å². The molecule has 0 aliphatic heterocycles. The fourth-order valence-corrected chi connectivity index (χ4v) is 2.03. The van der Waals surface area contributed by atoms with Crippen LogP contribution in [0.25, 0.3) is 0 Å². The van der Waals surface area contributed by atoms with E-state index in [9.17, 15) is 4.79 Å². The zero-order chi connectivity index (χ0) is 14.4. The van der Waals surface area contributed by atoms with Crippen LogP contribution in [0.4, 0.5) is 0 Å². The normalized spacial score (nSPS) is 12.5. The number of hydrogen-bond donors (Lipinski definition) is 1. The fraction of sp³-hybridized carbons (Fsp3) is 0.562. The van der Waals surface area contributed by atoms with Gasteiger partial charge in [-0.3, -0.25) is 4.79 Å². The molecule has 3 nitrogen and oxygen atoms in total. The van der Waals surface area contributed by atoms with Crippen molar-refractivity contribution in [2.75, 3.05) is 7.11 Å². The van der Waals surface area contributed by atoms with E-state index in [0.29, 0.717) is 12.5 Å². The molecule has 3 heteroatoms. The molecule has 0 amide bonds. The summed E-state index contributed by atoms with van der Waals surface area (Å²) in [6.45, 7) is 9.10. The average Bonchev–Trinajstić information content (AvgIpc) is 2.37. The predicted molar refractivity (Wildman–Crippen MR) is 78.0 cm³/mol. The van der Waals surface area contributed by atoms with Crippen molar-refractivity contribution >= 4 is 5.97 Å². The minimum atomic E-state index is -0.230. The van der Waals surface area contributed by atoms with Gasteiger partial charge >= 0.3 is 5.97 Å². The van der Waals surface area contributed by atoms with Gasteiger partial charge in [-0.15, -0.1) is 0 Å². The molecule has 1 atom stereocenters. The zero-order valence-corrected chi connectivity index (χ0v) is 12.6. The van der Waals surface area contributed by atoms with Crippen LogP contribution in [0.2, 0.25) is 0 Å². The van der Waals surface area contributed by atoms with Crippen molar-refractivity contribution in [3.63, 3.8) is 0 Å². The van der Waals surface area contributed by atoms with Crippen molar-refractivity contribution in [3.8, 4) is 0 Å². The molecule has 0 bridgehead atoms. The lowest BCUT2D eigenvalue weighted by molar-refractivity contribution is -0.143. The first-order valence-corrected chi connectivity index (χ1v) is 6.81. The highest BCUT2D eigenvalue weighted by Gasteiger charge is 2.19. The van der Waals surface area contributed by atoms with Crippen LogP contribution in [0, 0.1) is 19.8 Å². The molecule has 0 saturated carbocycles. The Bertz CT molecular complexity index is 427. The van der Waals surface area contributed by atoms with Crippen LogP contribution < -0.4 is 5.32 Å². The molecule has 0 saturated heterocycles. The number of ether oxygens (including phenoxy) is 1. The van der Waals surface area contributed by atoms with Gasteiger partial charge in [-0.1, -0.05) is 32.0 Å². The van der Waals surface area contributed by atoms with Crippen molar-refractivity contribution in [2.24, 2.45) is 5.92 Å². The van der Waals surface area contributed by atoms with E-state index in [2.05, 4.69) is 51.2 Å². The summed E-state index contributed by atoms with van der Waals surface area (Å²) in [5.41, 5.74) is 3.76.